The maximum atomic E-state index is 12.7. The molecule has 3 heteroatoms. The van der Waals surface area contributed by atoms with Crippen LogP contribution in [0.3, 0.4) is 0 Å². The molecular formula is C15H20N2O. The van der Waals surface area contributed by atoms with Crippen LogP contribution in [0.5, 0.6) is 0 Å². The van der Waals surface area contributed by atoms with E-state index in [1.165, 1.54) is 24.0 Å². The molecule has 1 N–H and O–H groups in total. The Hall–Kier alpha value is -1.35. The quantitative estimate of drug-likeness (QED) is 0.880. The summed E-state index contributed by atoms with van der Waals surface area (Å²) in [6.07, 6.45) is 2.36. The fourth-order valence-electron chi connectivity index (χ4n) is 2.90. The van der Waals surface area contributed by atoms with Crippen molar-refractivity contribution >= 4 is 5.91 Å². The van der Waals surface area contributed by atoms with E-state index in [1.807, 2.05) is 12.1 Å². The molecule has 1 atom stereocenters. The standard InChI is InChI=1S/C15H20N2O/c1-2-17(12-7-8-12)15(18)14-10-16-9-11-5-3-4-6-13(11)14/h3-6,12,14,16H,2,7-10H2,1H3. The Balaban J connectivity index is 1.86. The predicted octanol–water partition coefficient (Wildman–Crippen LogP) is 1.88. The Labute approximate surface area is 108 Å². The number of hydrogen-bond acceptors (Lipinski definition) is 2. The lowest BCUT2D eigenvalue weighted by molar-refractivity contribution is -0.133. The van der Waals surface area contributed by atoms with Crippen LogP contribution in [-0.4, -0.2) is 29.9 Å². The number of nitrogens with zero attached hydrogens (tertiary/aromatic N) is 1. The summed E-state index contributed by atoms with van der Waals surface area (Å²) >= 11 is 0. The highest BCUT2D eigenvalue weighted by Gasteiger charge is 2.36. The van der Waals surface area contributed by atoms with Gasteiger partial charge in [-0.1, -0.05) is 24.3 Å². The number of benzene rings is 1. The van der Waals surface area contributed by atoms with Crippen molar-refractivity contribution in [2.24, 2.45) is 0 Å². The average molecular weight is 244 g/mol. The topological polar surface area (TPSA) is 32.3 Å². The van der Waals surface area contributed by atoms with E-state index in [4.69, 9.17) is 0 Å². The Kier molecular flexibility index (Phi) is 3.08. The van der Waals surface area contributed by atoms with Crippen LogP contribution in [0.1, 0.15) is 36.8 Å². The van der Waals surface area contributed by atoms with Crippen LogP contribution < -0.4 is 5.32 Å². The van der Waals surface area contributed by atoms with Gasteiger partial charge in [0.2, 0.25) is 5.91 Å². The number of carbonyl (C=O) groups is 1. The van der Waals surface area contributed by atoms with E-state index in [2.05, 4.69) is 29.3 Å². The summed E-state index contributed by atoms with van der Waals surface area (Å²) in [5, 5.41) is 3.36. The lowest BCUT2D eigenvalue weighted by atomic mass is 9.89. The molecule has 96 valence electrons. The number of likely N-dealkylation sites (N-methyl/N-ethyl adjacent to an activating group) is 1. The molecule has 1 unspecified atom stereocenters. The van der Waals surface area contributed by atoms with Crippen molar-refractivity contribution in [2.45, 2.75) is 38.3 Å². The molecule has 1 fully saturated rings. The minimum atomic E-state index is 0.00972. The molecule has 1 saturated carbocycles. The van der Waals surface area contributed by atoms with E-state index in [0.717, 1.165) is 19.6 Å². The van der Waals surface area contributed by atoms with Gasteiger partial charge in [-0.25, -0.2) is 0 Å². The number of carbonyl (C=O) groups excluding carboxylic acids is 1. The lowest BCUT2D eigenvalue weighted by Gasteiger charge is -2.30. The van der Waals surface area contributed by atoms with Gasteiger partial charge in [0, 0.05) is 25.7 Å². The van der Waals surface area contributed by atoms with Crippen molar-refractivity contribution in [1.82, 2.24) is 10.2 Å². The molecule has 0 saturated heterocycles. The van der Waals surface area contributed by atoms with Gasteiger partial charge in [0.15, 0.2) is 0 Å². The fourth-order valence-corrected chi connectivity index (χ4v) is 2.90. The molecule has 1 heterocycles. The first kappa shape index (κ1) is 11.7. The summed E-state index contributed by atoms with van der Waals surface area (Å²) in [4.78, 5) is 14.7. The molecule has 3 rings (SSSR count). The smallest absolute Gasteiger partial charge is 0.231 e. The molecule has 18 heavy (non-hydrogen) atoms. The highest BCUT2D eigenvalue weighted by molar-refractivity contribution is 5.85. The molecule has 1 aromatic carbocycles. The van der Waals surface area contributed by atoms with Crippen molar-refractivity contribution < 1.29 is 4.79 Å². The highest BCUT2D eigenvalue weighted by atomic mass is 16.2. The molecule has 0 aromatic heterocycles. The Morgan fingerprint density at radius 3 is 2.89 bits per heavy atom. The van der Waals surface area contributed by atoms with Gasteiger partial charge in [0.25, 0.3) is 0 Å². The van der Waals surface area contributed by atoms with Gasteiger partial charge in [0.1, 0.15) is 0 Å². The number of fused-ring (bicyclic) bond motifs is 1. The maximum Gasteiger partial charge on any atom is 0.231 e. The van der Waals surface area contributed by atoms with Crippen molar-refractivity contribution in [3.05, 3.63) is 35.4 Å². The van der Waals surface area contributed by atoms with Gasteiger partial charge >= 0.3 is 0 Å². The van der Waals surface area contributed by atoms with Crippen LogP contribution in [0.25, 0.3) is 0 Å². The lowest BCUT2D eigenvalue weighted by Crippen LogP contribution is -2.42. The third kappa shape index (κ3) is 2.03. The molecule has 1 aromatic rings. The summed E-state index contributed by atoms with van der Waals surface area (Å²) in [6.45, 7) is 4.58. The molecule has 2 aliphatic rings. The van der Waals surface area contributed by atoms with Crippen molar-refractivity contribution in [3.63, 3.8) is 0 Å². The van der Waals surface area contributed by atoms with Crippen LogP contribution in [0.2, 0.25) is 0 Å². The minimum Gasteiger partial charge on any atom is -0.339 e. The van der Waals surface area contributed by atoms with E-state index in [0.29, 0.717) is 11.9 Å². The first-order chi connectivity index (χ1) is 8.81. The summed E-state index contributed by atoms with van der Waals surface area (Å²) in [5.41, 5.74) is 2.49. The van der Waals surface area contributed by atoms with E-state index >= 15 is 0 Å². The van der Waals surface area contributed by atoms with Gasteiger partial charge in [-0.15, -0.1) is 0 Å². The summed E-state index contributed by atoms with van der Waals surface area (Å²) in [7, 11) is 0. The number of amides is 1. The van der Waals surface area contributed by atoms with Crippen molar-refractivity contribution in [3.8, 4) is 0 Å². The highest BCUT2D eigenvalue weighted by Crippen LogP contribution is 2.32. The predicted molar refractivity (Wildman–Crippen MR) is 71.3 cm³/mol. The van der Waals surface area contributed by atoms with Crippen LogP contribution in [0.15, 0.2) is 24.3 Å². The average Bonchev–Trinajstić information content (AvgIpc) is 3.23. The summed E-state index contributed by atoms with van der Waals surface area (Å²) in [5.74, 6) is 0.315. The molecular weight excluding hydrogens is 224 g/mol. The summed E-state index contributed by atoms with van der Waals surface area (Å²) in [6, 6.07) is 8.83. The number of rotatable bonds is 3. The zero-order valence-corrected chi connectivity index (χ0v) is 10.9. The molecule has 1 amide bonds. The second kappa shape index (κ2) is 4.73. The van der Waals surface area contributed by atoms with E-state index < -0.39 is 0 Å². The molecule has 3 nitrogen and oxygen atoms in total. The van der Waals surface area contributed by atoms with E-state index in [1.54, 1.807) is 0 Å². The first-order valence-electron chi connectivity index (χ1n) is 6.90. The maximum absolute atomic E-state index is 12.7. The zero-order chi connectivity index (χ0) is 12.5. The third-order valence-electron chi connectivity index (χ3n) is 4.00. The second-order valence-electron chi connectivity index (χ2n) is 5.24. The van der Waals surface area contributed by atoms with Crippen molar-refractivity contribution in [2.75, 3.05) is 13.1 Å². The van der Waals surface area contributed by atoms with E-state index in [-0.39, 0.29) is 5.92 Å². The zero-order valence-electron chi connectivity index (χ0n) is 10.9. The van der Waals surface area contributed by atoms with Gasteiger partial charge in [-0.3, -0.25) is 4.79 Å². The minimum absolute atomic E-state index is 0.00972. The molecule has 1 aliphatic heterocycles. The van der Waals surface area contributed by atoms with Crippen LogP contribution in [-0.2, 0) is 11.3 Å². The van der Waals surface area contributed by atoms with Gasteiger partial charge < -0.3 is 10.2 Å². The van der Waals surface area contributed by atoms with E-state index in [9.17, 15) is 4.79 Å². The SMILES string of the molecule is CCN(C(=O)C1CNCc2ccccc21)C1CC1. The number of nitrogens with one attached hydrogen (secondary N) is 1. The molecule has 1 aliphatic carbocycles. The van der Waals surface area contributed by atoms with Gasteiger partial charge in [0.05, 0.1) is 5.92 Å². The van der Waals surface area contributed by atoms with Crippen LogP contribution in [0, 0.1) is 0 Å². The number of hydrogen-bond donors (Lipinski definition) is 1. The fraction of sp³-hybridized carbons (Fsp3) is 0.533. The monoisotopic (exact) mass is 244 g/mol. The van der Waals surface area contributed by atoms with Crippen molar-refractivity contribution in [1.29, 1.82) is 0 Å². The Morgan fingerprint density at radius 1 is 1.39 bits per heavy atom. The molecule has 0 radical (unpaired) electrons. The Bertz CT molecular complexity index is 454. The molecule has 0 spiro atoms. The van der Waals surface area contributed by atoms with Gasteiger partial charge in [-0.2, -0.15) is 0 Å². The summed E-state index contributed by atoms with van der Waals surface area (Å²) < 4.78 is 0. The molecule has 0 bridgehead atoms. The second-order valence-corrected chi connectivity index (χ2v) is 5.24. The largest absolute Gasteiger partial charge is 0.339 e. The first-order valence-corrected chi connectivity index (χ1v) is 6.90. The van der Waals surface area contributed by atoms with Crippen LogP contribution in [0.4, 0.5) is 0 Å². The Morgan fingerprint density at radius 2 is 2.17 bits per heavy atom. The van der Waals surface area contributed by atoms with Crippen LogP contribution >= 0.6 is 0 Å². The third-order valence-corrected chi connectivity index (χ3v) is 4.00. The normalized spacial score (nSPS) is 22.4. The van der Waals surface area contributed by atoms with Gasteiger partial charge in [-0.05, 0) is 30.9 Å².